The molecular formula is C17H18FNO2. The molecule has 2 aromatic rings. The number of fused-ring (bicyclic) bond motifs is 1. The SMILES string of the molecule is CC(CCc1ccc2c(c1)OCO2)Nc1ccc(F)cc1. The number of hydrogen-bond donors (Lipinski definition) is 1. The molecule has 4 heteroatoms. The minimum Gasteiger partial charge on any atom is -0.454 e. The molecule has 1 atom stereocenters. The minimum absolute atomic E-state index is 0.214. The van der Waals surface area contributed by atoms with Crippen molar-refractivity contribution in [3.63, 3.8) is 0 Å². The van der Waals surface area contributed by atoms with Gasteiger partial charge in [-0.1, -0.05) is 6.07 Å². The summed E-state index contributed by atoms with van der Waals surface area (Å²) in [7, 11) is 0. The summed E-state index contributed by atoms with van der Waals surface area (Å²) in [5, 5.41) is 3.37. The van der Waals surface area contributed by atoms with Crippen LogP contribution in [0.25, 0.3) is 0 Å². The molecule has 1 aliphatic heterocycles. The zero-order valence-corrected chi connectivity index (χ0v) is 11.9. The van der Waals surface area contributed by atoms with Gasteiger partial charge in [0.05, 0.1) is 0 Å². The molecule has 3 rings (SSSR count). The summed E-state index contributed by atoms with van der Waals surface area (Å²) < 4.78 is 23.5. The van der Waals surface area contributed by atoms with E-state index >= 15 is 0 Å². The van der Waals surface area contributed by atoms with E-state index in [9.17, 15) is 4.39 Å². The number of rotatable bonds is 5. The first-order valence-electron chi connectivity index (χ1n) is 7.11. The van der Waals surface area contributed by atoms with Crippen LogP contribution in [0.15, 0.2) is 42.5 Å². The predicted molar refractivity (Wildman–Crippen MR) is 80.4 cm³/mol. The average Bonchev–Trinajstić information content (AvgIpc) is 2.95. The number of benzene rings is 2. The Kier molecular flexibility index (Phi) is 3.95. The van der Waals surface area contributed by atoms with Crippen molar-refractivity contribution in [1.82, 2.24) is 0 Å². The number of nitrogens with one attached hydrogen (secondary N) is 1. The van der Waals surface area contributed by atoms with Gasteiger partial charge in [-0.25, -0.2) is 4.39 Å². The first-order chi connectivity index (χ1) is 10.2. The van der Waals surface area contributed by atoms with Gasteiger partial charge in [0.2, 0.25) is 6.79 Å². The van der Waals surface area contributed by atoms with Crippen molar-refractivity contribution in [2.24, 2.45) is 0 Å². The first-order valence-corrected chi connectivity index (χ1v) is 7.11. The van der Waals surface area contributed by atoms with Gasteiger partial charge in [-0.05, 0) is 61.7 Å². The molecule has 0 radical (unpaired) electrons. The topological polar surface area (TPSA) is 30.5 Å². The van der Waals surface area contributed by atoms with Crippen molar-refractivity contribution in [3.05, 3.63) is 53.8 Å². The summed E-state index contributed by atoms with van der Waals surface area (Å²) in [6.07, 6.45) is 1.93. The summed E-state index contributed by atoms with van der Waals surface area (Å²) in [5.41, 5.74) is 2.17. The van der Waals surface area contributed by atoms with Crippen LogP contribution in [0.3, 0.4) is 0 Å². The molecular weight excluding hydrogens is 269 g/mol. The molecule has 21 heavy (non-hydrogen) atoms. The van der Waals surface area contributed by atoms with Crippen LogP contribution in [0.5, 0.6) is 11.5 Å². The summed E-state index contributed by atoms with van der Waals surface area (Å²) in [6.45, 7) is 2.43. The fraction of sp³-hybridized carbons (Fsp3) is 0.294. The molecule has 1 N–H and O–H groups in total. The van der Waals surface area contributed by atoms with Crippen molar-refractivity contribution in [2.45, 2.75) is 25.8 Å². The average molecular weight is 287 g/mol. The van der Waals surface area contributed by atoms with Crippen LogP contribution >= 0.6 is 0 Å². The summed E-state index contributed by atoms with van der Waals surface area (Å²) in [6, 6.07) is 12.8. The molecule has 2 aromatic carbocycles. The Labute approximate surface area is 123 Å². The van der Waals surface area contributed by atoms with E-state index in [1.807, 2.05) is 12.1 Å². The highest BCUT2D eigenvalue weighted by Gasteiger charge is 2.13. The highest BCUT2D eigenvalue weighted by molar-refractivity contribution is 5.45. The fourth-order valence-corrected chi connectivity index (χ4v) is 2.38. The highest BCUT2D eigenvalue weighted by atomic mass is 19.1. The lowest BCUT2D eigenvalue weighted by Gasteiger charge is -2.15. The van der Waals surface area contributed by atoms with Gasteiger partial charge in [-0.2, -0.15) is 0 Å². The van der Waals surface area contributed by atoms with Crippen LogP contribution < -0.4 is 14.8 Å². The lowest BCUT2D eigenvalue weighted by atomic mass is 10.1. The number of hydrogen-bond acceptors (Lipinski definition) is 3. The standard InChI is InChI=1S/C17H18FNO2/c1-12(19-15-7-5-14(18)6-8-15)2-3-13-4-9-16-17(10-13)21-11-20-16/h4-10,12,19H,2-3,11H2,1H3. The van der Waals surface area contributed by atoms with Gasteiger partial charge in [-0.3, -0.25) is 0 Å². The van der Waals surface area contributed by atoms with E-state index in [-0.39, 0.29) is 5.82 Å². The van der Waals surface area contributed by atoms with Gasteiger partial charge in [0.15, 0.2) is 11.5 Å². The second-order valence-corrected chi connectivity index (χ2v) is 5.28. The largest absolute Gasteiger partial charge is 0.454 e. The van der Waals surface area contributed by atoms with Gasteiger partial charge in [0.25, 0.3) is 0 Å². The van der Waals surface area contributed by atoms with Gasteiger partial charge >= 0.3 is 0 Å². The Morgan fingerprint density at radius 1 is 1.10 bits per heavy atom. The summed E-state index contributed by atoms with van der Waals surface area (Å²) in [5.74, 6) is 1.43. The van der Waals surface area contributed by atoms with E-state index in [0.717, 1.165) is 30.0 Å². The van der Waals surface area contributed by atoms with Crippen molar-refractivity contribution < 1.29 is 13.9 Å². The molecule has 1 aliphatic rings. The molecule has 0 saturated carbocycles. The van der Waals surface area contributed by atoms with Crippen LogP contribution in [-0.4, -0.2) is 12.8 Å². The summed E-state index contributed by atoms with van der Waals surface area (Å²) >= 11 is 0. The van der Waals surface area contributed by atoms with Crippen LogP contribution in [0, 0.1) is 5.82 Å². The minimum atomic E-state index is -0.214. The normalized spacial score (nSPS) is 14.0. The second kappa shape index (κ2) is 6.04. The number of aryl methyl sites for hydroxylation is 1. The van der Waals surface area contributed by atoms with Gasteiger partial charge in [0.1, 0.15) is 5.82 Å². The van der Waals surface area contributed by atoms with Crippen molar-refractivity contribution in [3.8, 4) is 11.5 Å². The molecule has 0 aliphatic carbocycles. The maximum absolute atomic E-state index is 12.9. The molecule has 0 amide bonds. The maximum Gasteiger partial charge on any atom is 0.231 e. The third kappa shape index (κ3) is 3.45. The third-order valence-corrected chi connectivity index (χ3v) is 3.56. The Morgan fingerprint density at radius 3 is 2.67 bits per heavy atom. The van der Waals surface area contributed by atoms with Crippen LogP contribution in [-0.2, 0) is 6.42 Å². The quantitative estimate of drug-likeness (QED) is 0.902. The van der Waals surface area contributed by atoms with Crippen LogP contribution in [0.1, 0.15) is 18.9 Å². The van der Waals surface area contributed by atoms with Gasteiger partial charge in [0, 0.05) is 11.7 Å². The second-order valence-electron chi connectivity index (χ2n) is 5.28. The fourth-order valence-electron chi connectivity index (χ4n) is 2.38. The van der Waals surface area contributed by atoms with Gasteiger partial charge in [-0.15, -0.1) is 0 Å². The Hall–Kier alpha value is -2.23. The van der Waals surface area contributed by atoms with E-state index < -0.39 is 0 Å². The van der Waals surface area contributed by atoms with Crippen LogP contribution in [0.4, 0.5) is 10.1 Å². The number of anilines is 1. The lowest BCUT2D eigenvalue weighted by Crippen LogP contribution is -2.15. The third-order valence-electron chi connectivity index (χ3n) is 3.56. The Morgan fingerprint density at radius 2 is 1.86 bits per heavy atom. The molecule has 0 bridgehead atoms. The first kappa shape index (κ1) is 13.7. The molecule has 1 unspecified atom stereocenters. The zero-order chi connectivity index (χ0) is 14.7. The monoisotopic (exact) mass is 287 g/mol. The van der Waals surface area contributed by atoms with E-state index in [0.29, 0.717) is 12.8 Å². The van der Waals surface area contributed by atoms with E-state index in [2.05, 4.69) is 18.3 Å². The molecule has 110 valence electrons. The maximum atomic E-state index is 12.9. The van der Waals surface area contributed by atoms with E-state index in [4.69, 9.17) is 9.47 Å². The Bertz CT molecular complexity index is 613. The highest BCUT2D eigenvalue weighted by Crippen LogP contribution is 2.32. The Balaban J connectivity index is 1.53. The molecule has 0 spiro atoms. The van der Waals surface area contributed by atoms with E-state index in [1.54, 1.807) is 12.1 Å². The molecule has 0 saturated heterocycles. The van der Waals surface area contributed by atoms with E-state index in [1.165, 1.54) is 17.7 Å². The number of ether oxygens (including phenoxy) is 2. The van der Waals surface area contributed by atoms with Crippen molar-refractivity contribution >= 4 is 5.69 Å². The number of halogens is 1. The molecule has 1 heterocycles. The lowest BCUT2D eigenvalue weighted by molar-refractivity contribution is 0.174. The van der Waals surface area contributed by atoms with Crippen molar-refractivity contribution in [1.29, 1.82) is 0 Å². The zero-order valence-electron chi connectivity index (χ0n) is 11.9. The molecule has 0 fully saturated rings. The van der Waals surface area contributed by atoms with Crippen molar-refractivity contribution in [2.75, 3.05) is 12.1 Å². The van der Waals surface area contributed by atoms with Gasteiger partial charge < -0.3 is 14.8 Å². The van der Waals surface area contributed by atoms with Crippen LogP contribution in [0.2, 0.25) is 0 Å². The summed E-state index contributed by atoms with van der Waals surface area (Å²) in [4.78, 5) is 0. The smallest absolute Gasteiger partial charge is 0.231 e. The molecule has 3 nitrogen and oxygen atoms in total. The molecule has 0 aromatic heterocycles. The predicted octanol–water partition coefficient (Wildman–Crippen LogP) is 3.99.